The summed E-state index contributed by atoms with van der Waals surface area (Å²) in [4.78, 5) is 26.2. The van der Waals surface area contributed by atoms with E-state index in [1.54, 1.807) is 33.8 Å². The van der Waals surface area contributed by atoms with Crippen LogP contribution < -0.4 is 16.2 Å². The molecule has 4 aromatic rings. The molecule has 4 heterocycles. The summed E-state index contributed by atoms with van der Waals surface area (Å²) >= 11 is 6.08. The van der Waals surface area contributed by atoms with Crippen molar-refractivity contribution in [2.24, 2.45) is 0 Å². The molecule has 0 saturated carbocycles. The number of anilines is 2. The summed E-state index contributed by atoms with van der Waals surface area (Å²) in [6, 6.07) is 11.6. The standard InChI is InChI=1S/C21H20ClN7O/c1-2-28-20(30)16-12-24-21(25-15-7-6-13-8-9-23-11-14(13)10-15)27-19(16)29(28)18-5-3-4-17(22)26-18/h3-7,10,12,23H,2,8-9,11H2,1H3,(H,24,25,27). The lowest BCUT2D eigenvalue weighted by atomic mass is 10.0. The van der Waals surface area contributed by atoms with Gasteiger partial charge in [-0.1, -0.05) is 23.7 Å². The zero-order valence-corrected chi connectivity index (χ0v) is 17.1. The lowest BCUT2D eigenvalue weighted by Crippen LogP contribution is -2.23. The van der Waals surface area contributed by atoms with Crippen LogP contribution in [0.4, 0.5) is 11.6 Å². The zero-order chi connectivity index (χ0) is 20.7. The summed E-state index contributed by atoms with van der Waals surface area (Å²) in [5.74, 6) is 0.941. The molecule has 1 aromatic carbocycles. The lowest BCUT2D eigenvalue weighted by molar-refractivity contribution is 0.568. The molecule has 0 spiro atoms. The van der Waals surface area contributed by atoms with Crippen LogP contribution in [0.2, 0.25) is 5.15 Å². The smallest absolute Gasteiger partial charge is 0.278 e. The largest absolute Gasteiger partial charge is 0.324 e. The molecule has 0 aliphatic carbocycles. The molecule has 2 N–H and O–H groups in total. The van der Waals surface area contributed by atoms with E-state index < -0.39 is 0 Å². The van der Waals surface area contributed by atoms with Gasteiger partial charge in [-0.3, -0.25) is 4.79 Å². The number of aromatic nitrogens is 5. The maximum absolute atomic E-state index is 12.8. The van der Waals surface area contributed by atoms with Gasteiger partial charge in [0.05, 0.1) is 0 Å². The van der Waals surface area contributed by atoms with Crippen LogP contribution in [0.1, 0.15) is 18.1 Å². The minimum absolute atomic E-state index is 0.166. The number of nitrogens with one attached hydrogen (secondary N) is 2. The number of halogens is 1. The Labute approximate surface area is 177 Å². The zero-order valence-electron chi connectivity index (χ0n) is 16.4. The number of benzene rings is 1. The second kappa shape index (κ2) is 7.55. The third kappa shape index (κ3) is 3.24. The van der Waals surface area contributed by atoms with Crippen LogP contribution in [-0.4, -0.2) is 30.9 Å². The van der Waals surface area contributed by atoms with Gasteiger partial charge in [0.1, 0.15) is 10.5 Å². The highest BCUT2D eigenvalue weighted by Crippen LogP contribution is 2.22. The van der Waals surface area contributed by atoms with Gasteiger partial charge in [-0.25, -0.2) is 19.3 Å². The van der Waals surface area contributed by atoms with Crippen LogP contribution in [0, 0.1) is 0 Å². The van der Waals surface area contributed by atoms with Gasteiger partial charge in [0, 0.05) is 25.0 Å². The van der Waals surface area contributed by atoms with Crippen molar-refractivity contribution in [3.8, 4) is 5.82 Å². The van der Waals surface area contributed by atoms with Gasteiger partial charge >= 0.3 is 0 Å². The molecule has 0 atom stereocenters. The van der Waals surface area contributed by atoms with Gasteiger partial charge in [-0.2, -0.15) is 4.98 Å². The first-order chi connectivity index (χ1) is 14.6. The van der Waals surface area contributed by atoms with Gasteiger partial charge in [0.2, 0.25) is 5.95 Å². The maximum atomic E-state index is 12.8. The fraction of sp³-hybridized carbons (Fsp3) is 0.238. The van der Waals surface area contributed by atoms with E-state index in [0.29, 0.717) is 34.5 Å². The topological polar surface area (TPSA) is 89.7 Å². The van der Waals surface area contributed by atoms with Crippen LogP contribution in [0.25, 0.3) is 16.9 Å². The second-order valence-corrected chi connectivity index (χ2v) is 7.50. The van der Waals surface area contributed by atoms with Crippen LogP contribution in [0.5, 0.6) is 0 Å². The Morgan fingerprint density at radius 1 is 1.20 bits per heavy atom. The summed E-state index contributed by atoms with van der Waals surface area (Å²) in [6.45, 7) is 4.21. The number of pyridine rings is 1. The SMILES string of the molecule is CCn1c(=O)c2cnc(Nc3ccc4c(c3)CNCC4)nc2n1-c1cccc(Cl)n1. The normalized spacial score (nSPS) is 13.4. The summed E-state index contributed by atoms with van der Waals surface area (Å²) in [5, 5.41) is 7.42. The molecule has 152 valence electrons. The first kappa shape index (κ1) is 18.8. The monoisotopic (exact) mass is 421 g/mol. The van der Waals surface area contributed by atoms with E-state index in [9.17, 15) is 4.79 Å². The van der Waals surface area contributed by atoms with Gasteiger partial charge in [0.25, 0.3) is 5.56 Å². The first-order valence-corrected chi connectivity index (χ1v) is 10.2. The van der Waals surface area contributed by atoms with E-state index in [4.69, 9.17) is 11.6 Å². The predicted octanol–water partition coefficient (Wildman–Crippen LogP) is 3.04. The maximum Gasteiger partial charge on any atom is 0.278 e. The van der Waals surface area contributed by atoms with Crippen molar-refractivity contribution in [3.05, 3.63) is 69.2 Å². The molecule has 9 heteroatoms. The fourth-order valence-corrected chi connectivity index (χ4v) is 3.97. The molecule has 0 radical (unpaired) electrons. The van der Waals surface area contributed by atoms with Crippen LogP contribution >= 0.6 is 11.6 Å². The number of hydrogen-bond donors (Lipinski definition) is 2. The third-order valence-corrected chi connectivity index (χ3v) is 5.45. The van der Waals surface area contributed by atoms with Gasteiger partial charge in [-0.15, -0.1) is 0 Å². The molecule has 0 bridgehead atoms. The van der Waals surface area contributed by atoms with Crippen LogP contribution in [0.15, 0.2) is 47.4 Å². The van der Waals surface area contributed by atoms with E-state index in [2.05, 4.69) is 37.7 Å². The summed E-state index contributed by atoms with van der Waals surface area (Å²) in [6.07, 6.45) is 2.59. The molecule has 8 nitrogen and oxygen atoms in total. The Morgan fingerprint density at radius 2 is 2.10 bits per heavy atom. The Balaban J connectivity index is 1.60. The van der Waals surface area contributed by atoms with E-state index in [1.165, 1.54) is 11.1 Å². The summed E-state index contributed by atoms with van der Waals surface area (Å²) < 4.78 is 3.26. The van der Waals surface area contributed by atoms with Gasteiger partial charge < -0.3 is 10.6 Å². The predicted molar refractivity (Wildman–Crippen MR) is 117 cm³/mol. The Hall–Kier alpha value is -3.23. The minimum atomic E-state index is -0.166. The number of hydrogen-bond acceptors (Lipinski definition) is 6. The van der Waals surface area contributed by atoms with Crippen LogP contribution in [-0.2, 0) is 19.5 Å². The number of rotatable bonds is 4. The molecule has 0 saturated heterocycles. The van der Waals surface area contributed by atoms with E-state index in [0.717, 1.165) is 25.2 Å². The van der Waals surface area contributed by atoms with Crippen molar-refractivity contribution in [2.45, 2.75) is 26.4 Å². The van der Waals surface area contributed by atoms with Crippen molar-refractivity contribution < 1.29 is 0 Å². The van der Waals surface area contributed by atoms with Crippen molar-refractivity contribution in [2.75, 3.05) is 11.9 Å². The lowest BCUT2D eigenvalue weighted by Gasteiger charge is -2.18. The summed E-state index contributed by atoms with van der Waals surface area (Å²) in [7, 11) is 0. The fourth-order valence-electron chi connectivity index (χ4n) is 3.81. The average molecular weight is 422 g/mol. The second-order valence-electron chi connectivity index (χ2n) is 7.12. The molecule has 1 aliphatic rings. The Kier molecular flexibility index (Phi) is 4.72. The highest BCUT2D eigenvalue weighted by atomic mass is 35.5. The quantitative estimate of drug-likeness (QED) is 0.492. The van der Waals surface area contributed by atoms with Crippen LogP contribution in [0.3, 0.4) is 0 Å². The number of nitrogens with zero attached hydrogens (tertiary/aromatic N) is 5. The molecule has 30 heavy (non-hydrogen) atoms. The number of fused-ring (bicyclic) bond motifs is 2. The molecular formula is C21H20ClN7O. The average Bonchev–Trinajstić information content (AvgIpc) is 3.04. The molecule has 0 unspecified atom stereocenters. The Morgan fingerprint density at radius 3 is 2.93 bits per heavy atom. The van der Waals surface area contributed by atoms with E-state index in [-0.39, 0.29) is 5.56 Å². The molecule has 5 rings (SSSR count). The van der Waals surface area contributed by atoms with Gasteiger partial charge in [-0.05, 0) is 55.3 Å². The van der Waals surface area contributed by atoms with E-state index >= 15 is 0 Å². The molecular weight excluding hydrogens is 402 g/mol. The molecule has 1 aliphatic heterocycles. The third-order valence-electron chi connectivity index (χ3n) is 5.24. The van der Waals surface area contributed by atoms with Crippen molar-refractivity contribution in [3.63, 3.8) is 0 Å². The molecule has 0 amide bonds. The Bertz CT molecular complexity index is 1310. The van der Waals surface area contributed by atoms with Gasteiger partial charge in [0.15, 0.2) is 11.5 Å². The van der Waals surface area contributed by atoms with E-state index in [1.807, 2.05) is 13.0 Å². The molecule has 3 aromatic heterocycles. The van der Waals surface area contributed by atoms with Crippen molar-refractivity contribution >= 4 is 34.3 Å². The summed E-state index contributed by atoms with van der Waals surface area (Å²) in [5.41, 5.74) is 3.84. The first-order valence-electron chi connectivity index (χ1n) is 9.85. The minimum Gasteiger partial charge on any atom is -0.324 e. The van der Waals surface area contributed by atoms with Crippen molar-refractivity contribution in [1.29, 1.82) is 0 Å². The highest BCUT2D eigenvalue weighted by molar-refractivity contribution is 6.29. The van der Waals surface area contributed by atoms with Crippen molar-refractivity contribution in [1.82, 2.24) is 29.6 Å². The molecule has 0 fully saturated rings. The highest BCUT2D eigenvalue weighted by Gasteiger charge is 2.18.